The van der Waals surface area contributed by atoms with Crippen LogP contribution < -0.4 is 21.1 Å². The fourth-order valence-electron chi connectivity index (χ4n) is 6.55. The molecule has 4 saturated carbocycles. The largest absolute Gasteiger partial charge is 0.477 e. The molecule has 9 nitrogen and oxygen atoms in total. The molecular formula is C26H39N5O4. The summed E-state index contributed by atoms with van der Waals surface area (Å²) in [4.78, 5) is 37.2. The number of hydrogen-bond acceptors (Lipinski definition) is 5. The van der Waals surface area contributed by atoms with Gasteiger partial charge in [-0.3, -0.25) is 14.4 Å². The molecule has 0 aromatic carbocycles. The average molecular weight is 486 g/mol. The number of carbonyl (C=O) groups excluding carboxylic acids is 3. The van der Waals surface area contributed by atoms with Crippen molar-refractivity contribution in [2.45, 2.75) is 78.3 Å². The molecule has 0 radical (unpaired) electrons. The van der Waals surface area contributed by atoms with E-state index in [2.05, 4.69) is 15.7 Å². The van der Waals surface area contributed by atoms with Gasteiger partial charge in [0.15, 0.2) is 0 Å². The van der Waals surface area contributed by atoms with Crippen molar-refractivity contribution in [3.8, 4) is 5.88 Å². The Morgan fingerprint density at radius 3 is 2.49 bits per heavy atom. The molecule has 1 heterocycles. The molecule has 1 aromatic heterocycles. The normalized spacial score (nSPS) is 29.5. The molecule has 0 aliphatic heterocycles. The van der Waals surface area contributed by atoms with E-state index in [0.29, 0.717) is 24.0 Å². The standard InChI is InChI=1S/C26H39N5O4/c1-15(2)14-35-23-20(13-28-31(23)7-6-25(4,5)30-16(3)32)22(33)29-21-18-8-17-9-19(21)12-26(10-17,11-18)24(27)34/h6-7,13,15,17-19,21H,8-12,14H2,1-5H3,(H2,27,34)(H,29,33)(H,30,32)/b7-6+. The molecule has 4 aliphatic rings. The second-order valence-electron chi connectivity index (χ2n) is 11.8. The fraction of sp³-hybridized carbons (Fsp3) is 0.692. The summed E-state index contributed by atoms with van der Waals surface area (Å²) in [5, 5.41) is 10.5. The Morgan fingerprint density at radius 2 is 1.91 bits per heavy atom. The fourth-order valence-corrected chi connectivity index (χ4v) is 6.55. The van der Waals surface area contributed by atoms with Crippen molar-refractivity contribution in [1.82, 2.24) is 20.4 Å². The van der Waals surface area contributed by atoms with Crippen LogP contribution in [0.15, 0.2) is 12.3 Å². The number of primary amides is 1. The molecule has 4 N–H and O–H groups in total. The van der Waals surface area contributed by atoms with Gasteiger partial charge < -0.3 is 21.1 Å². The zero-order valence-corrected chi connectivity index (χ0v) is 21.5. The number of rotatable bonds is 9. The summed E-state index contributed by atoms with van der Waals surface area (Å²) in [7, 11) is 0. The van der Waals surface area contributed by atoms with E-state index in [1.54, 1.807) is 10.9 Å². The Bertz CT molecular complexity index is 1010. The predicted molar refractivity (Wildman–Crippen MR) is 132 cm³/mol. The number of hydrogen-bond donors (Lipinski definition) is 3. The summed E-state index contributed by atoms with van der Waals surface area (Å²) in [5.74, 6) is 1.18. The van der Waals surface area contributed by atoms with Gasteiger partial charge in [0.05, 0.1) is 18.3 Å². The zero-order chi connectivity index (χ0) is 25.5. The van der Waals surface area contributed by atoms with Gasteiger partial charge in [-0.1, -0.05) is 13.8 Å². The highest BCUT2D eigenvalue weighted by Crippen LogP contribution is 2.59. The van der Waals surface area contributed by atoms with Crippen LogP contribution in [0.2, 0.25) is 0 Å². The molecular weight excluding hydrogens is 446 g/mol. The molecule has 192 valence electrons. The van der Waals surface area contributed by atoms with Crippen LogP contribution in [-0.4, -0.2) is 45.7 Å². The van der Waals surface area contributed by atoms with E-state index in [-0.39, 0.29) is 46.9 Å². The highest BCUT2D eigenvalue weighted by Gasteiger charge is 2.58. The van der Waals surface area contributed by atoms with Gasteiger partial charge in [-0.15, -0.1) is 0 Å². The van der Waals surface area contributed by atoms with Crippen molar-refractivity contribution in [2.75, 3.05) is 6.61 Å². The number of carbonyl (C=O) groups is 3. The van der Waals surface area contributed by atoms with Crippen LogP contribution >= 0.6 is 0 Å². The molecule has 5 rings (SSSR count). The lowest BCUT2D eigenvalue weighted by molar-refractivity contribution is -0.145. The summed E-state index contributed by atoms with van der Waals surface area (Å²) in [5.41, 5.74) is 5.21. The SMILES string of the molecule is CC(=O)NC(C)(C)/C=C/n1ncc(C(=O)NC2C3CC4CC2CC(C(N)=O)(C4)C3)c1OCC(C)C. The lowest BCUT2D eigenvalue weighted by Crippen LogP contribution is -2.62. The highest BCUT2D eigenvalue weighted by molar-refractivity contribution is 5.96. The molecule has 2 unspecified atom stereocenters. The van der Waals surface area contributed by atoms with Crippen LogP contribution in [0, 0.1) is 29.1 Å². The number of aromatic nitrogens is 2. The predicted octanol–water partition coefficient (Wildman–Crippen LogP) is 2.71. The van der Waals surface area contributed by atoms with Gasteiger partial charge in [0.25, 0.3) is 5.91 Å². The van der Waals surface area contributed by atoms with E-state index in [9.17, 15) is 14.4 Å². The summed E-state index contributed by atoms with van der Waals surface area (Å²) >= 11 is 0. The smallest absolute Gasteiger partial charge is 0.258 e. The van der Waals surface area contributed by atoms with Crippen molar-refractivity contribution in [3.63, 3.8) is 0 Å². The maximum absolute atomic E-state index is 13.5. The van der Waals surface area contributed by atoms with E-state index in [1.807, 2.05) is 33.8 Å². The van der Waals surface area contributed by atoms with Crippen LogP contribution in [0.25, 0.3) is 6.20 Å². The second-order valence-corrected chi connectivity index (χ2v) is 11.8. The Hall–Kier alpha value is -2.84. The Kier molecular flexibility index (Phi) is 6.72. The van der Waals surface area contributed by atoms with Crippen molar-refractivity contribution >= 4 is 23.9 Å². The average Bonchev–Trinajstić information content (AvgIpc) is 3.15. The van der Waals surface area contributed by atoms with Gasteiger partial charge in [-0.2, -0.15) is 5.10 Å². The molecule has 3 amide bonds. The second kappa shape index (κ2) is 9.32. The van der Waals surface area contributed by atoms with Crippen LogP contribution in [0.4, 0.5) is 0 Å². The number of nitrogens with two attached hydrogens (primary N) is 1. The van der Waals surface area contributed by atoms with Gasteiger partial charge in [0, 0.05) is 24.6 Å². The quantitative estimate of drug-likeness (QED) is 0.495. The van der Waals surface area contributed by atoms with Crippen LogP contribution in [0.1, 0.15) is 77.1 Å². The third kappa shape index (κ3) is 5.23. The lowest BCUT2D eigenvalue weighted by Gasteiger charge is -2.58. The van der Waals surface area contributed by atoms with E-state index in [1.165, 1.54) is 13.1 Å². The van der Waals surface area contributed by atoms with Crippen LogP contribution in [-0.2, 0) is 9.59 Å². The van der Waals surface area contributed by atoms with Gasteiger partial charge >= 0.3 is 0 Å². The lowest BCUT2D eigenvalue weighted by atomic mass is 9.47. The molecule has 35 heavy (non-hydrogen) atoms. The van der Waals surface area contributed by atoms with Gasteiger partial charge in [-0.25, -0.2) is 4.68 Å². The van der Waals surface area contributed by atoms with Crippen molar-refractivity contribution in [3.05, 3.63) is 17.8 Å². The van der Waals surface area contributed by atoms with Crippen LogP contribution in [0.5, 0.6) is 5.88 Å². The van der Waals surface area contributed by atoms with E-state index in [0.717, 1.165) is 32.1 Å². The number of amides is 3. The monoisotopic (exact) mass is 485 g/mol. The van der Waals surface area contributed by atoms with Gasteiger partial charge in [0.1, 0.15) is 5.56 Å². The van der Waals surface area contributed by atoms with Crippen molar-refractivity contribution in [2.24, 2.45) is 34.8 Å². The van der Waals surface area contributed by atoms with Crippen molar-refractivity contribution in [1.29, 1.82) is 0 Å². The Morgan fingerprint density at radius 1 is 1.26 bits per heavy atom. The van der Waals surface area contributed by atoms with E-state index >= 15 is 0 Å². The topological polar surface area (TPSA) is 128 Å². The number of nitrogens with zero attached hydrogens (tertiary/aromatic N) is 2. The Labute approximate surface area is 207 Å². The minimum atomic E-state index is -0.591. The van der Waals surface area contributed by atoms with Crippen LogP contribution in [0.3, 0.4) is 0 Å². The molecule has 9 heteroatoms. The third-order valence-electron chi connectivity index (χ3n) is 7.77. The molecule has 0 saturated heterocycles. The summed E-state index contributed by atoms with van der Waals surface area (Å²) in [6, 6.07) is 0.0297. The zero-order valence-electron chi connectivity index (χ0n) is 21.5. The molecule has 4 bridgehead atoms. The molecule has 1 aromatic rings. The molecule has 0 spiro atoms. The van der Waals surface area contributed by atoms with Crippen molar-refractivity contribution < 1.29 is 19.1 Å². The molecule has 2 atom stereocenters. The Balaban J connectivity index is 1.54. The first kappa shape index (κ1) is 25.3. The first-order valence-corrected chi connectivity index (χ1v) is 12.7. The minimum absolute atomic E-state index is 0.0297. The first-order valence-electron chi connectivity index (χ1n) is 12.7. The number of ether oxygens (including phenoxy) is 1. The maximum Gasteiger partial charge on any atom is 0.258 e. The maximum atomic E-state index is 13.5. The highest BCUT2D eigenvalue weighted by atomic mass is 16.5. The summed E-state index contributed by atoms with van der Waals surface area (Å²) in [6.07, 6.45) is 9.54. The number of nitrogens with one attached hydrogen (secondary N) is 2. The molecule has 4 fully saturated rings. The van der Waals surface area contributed by atoms with Gasteiger partial charge in [-0.05, 0) is 75.7 Å². The first-order chi connectivity index (χ1) is 16.4. The van der Waals surface area contributed by atoms with Gasteiger partial charge in [0.2, 0.25) is 17.7 Å². The van der Waals surface area contributed by atoms with E-state index < -0.39 is 5.54 Å². The summed E-state index contributed by atoms with van der Waals surface area (Å²) < 4.78 is 7.57. The van der Waals surface area contributed by atoms with E-state index in [4.69, 9.17) is 10.5 Å². The minimum Gasteiger partial charge on any atom is -0.477 e. The summed E-state index contributed by atoms with van der Waals surface area (Å²) in [6.45, 7) is 9.74. The molecule has 4 aliphatic carbocycles. The third-order valence-corrected chi connectivity index (χ3v) is 7.77.